The van der Waals surface area contributed by atoms with Crippen LogP contribution in [0.2, 0.25) is 0 Å². The van der Waals surface area contributed by atoms with Gasteiger partial charge in [0.05, 0.1) is 0 Å². The Labute approximate surface area is 103 Å². The van der Waals surface area contributed by atoms with Crippen LogP contribution in [0.1, 0.15) is 31.2 Å². The molecular weight excluding hydrogens is 210 g/mol. The lowest BCUT2D eigenvalue weighted by molar-refractivity contribution is -0.125. The molecule has 1 aliphatic heterocycles. The minimum atomic E-state index is -0.0317. The van der Waals surface area contributed by atoms with E-state index >= 15 is 0 Å². The summed E-state index contributed by atoms with van der Waals surface area (Å²) in [4.78, 5) is 13.8. The fraction of sp³-hybridized carbons (Fsp3) is 0.400. The molecule has 1 aromatic carbocycles. The second-order valence-electron chi connectivity index (χ2n) is 4.32. The van der Waals surface area contributed by atoms with Crippen LogP contribution in [0.5, 0.6) is 0 Å². The third-order valence-corrected chi connectivity index (χ3v) is 2.98. The third kappa shape index (κ3) is 3.64. The first-order valence-electron chi connectivity index (χ1n) is 6.22. The van der Waals surface area contributed by atoms with Gasteiger partial charge in [0.25, 0.3) is 5.91 Å². The first kappa shape index (κ1) is 11.7. The van der Waals surface area contributed by atoms with Crippen molar-refractivity contribution in [2.45, 2.75) is 25.7 Å². The van der Waals surface area contributed by atoms with E-state index in [1.807, 2.05) is 35.2 Å². The average Bonchev–Trinajstić information content (AvgIpc) is 2.66. The number of rotatable bonds is 0. The Morgan fingerprint density at radius 2 is 1.65 bits per heavy atom. The van der Waals surface area contributed by atoms with Crippen LogP contribution in [-0.4, -0.2) is 23.9 Å². The minimum absolute atomic E-state index is 0.0317. The van der Waals surface area contributed by atoms with Crippen LogP contribution in [0.3, 0.4) is 0 Å². The van der Waals surface area contributed by atoms with E-state index in [-0.39, 0.29) is 5.91 Å². The highest BCUT2D eigenvalue weighted by Crippen LogP contribution is 2.09. The lowest BCUT2D eigenvalue weighted by atomic mass is 10.2. The Morgan fingerprint density at radius 1 is 1.00 bits per heavy atom. The monoisotopic (exact) mass is 227 g/mol. The predicted molar refractivity (Wildman–Crippen MR) is 68.4 cm³/mol. The van der Waals surface area contributed by atoms with Crippen molar-refractivity contribution in [3.63, 3.8) is 0 Å². The summed E-state index contributed by atoms with van der Waals surface area (Å²) in [5, 5.41) is 0. The molecule has 0 N–H and O–H groups in total. The number of hydrogen-bond donors (Lipinski definition) is 0. The SMILES string of the molecule is O=C(C#Cc1ccccc1)N1CCCCCC1. The zero-order valence-electron chi connectivity index (χ0n) is 9.98. The maximum absolute atomic E-state index is 11.9. The Hall–Kier alpha value is -1.75. The molecule has 17 heavy (non-hydrogen) atoms. The standard InChI is InChI=1S/C15H17NO/c17-15(16-12-6-1-2-7-13-16)11-10-14-8-4-3-5-9-14/h3-5,8-9H,1-2,6-7,12-13H2. The molecule has 0 bridgehead atoms. The lowest BCUT2D eigenvalue weighted by Gasteiger charge is -2.16. The van der Waals surface area contributed by atoms with Gasteiger partial charge < -0.3 is 4.90 Å². The molecule has 1 aromatic rings. The van der Waals surface area contributed by atoms with E-state index in [0.717, 1.165) is 31.5 Å². The maximum atomic E-state index is 11.9. The van der Waals surface area contributed by atoms with Crippen molar-refractivity contribution in [1.82, 2.24) is 4.90 Å². The molecule has 0 atom stereocenters. The molecule has 1 aliphatic rings. The van der Waals surface area contributed by atoms with Gasteiger partial charge >= 0.3 is 0 Å². The number of nitrogens with zero attached hydrogens (tertiary/aromatic N) is 1. The van der Waals surface area contributed by atoms with Crippen molar-refractivity contribution in [3.8, 4) is 11.8 Å². The van der Waals surface area contributed by atoms with Gasteiger partial charge in [-0.3, -0.25) is 4.79 Å². The van der Waals surface area contributed by atoms with Gasteiger partial charge in [-0.1, -0.05) is 37.0 Å². The highest BCUT2D eigenvalue weighted by Gasteiger charge is 2.12. The van der Waals surface area contributed by atoms with E-state index in [0.29, 0.717) is 0 Å². The largest absolute Gasteiger partial charge is 0.332 e. The maximum Gasteiger partial charge on any atom is 0.298 e. The van der Waals surface area contributed by atoms with E-state index in [2.05, 4.69) is 11.8 Å². The number of amides is 1. The summed E-state index contributed by atoms with van der Waals surface area (Å²) < 4.78 is 0. The molecule has 88 valence electrons. The normalized spacial score (nSPS) is 15.6. The molecule has 0 saturated carbocycles. The summed E-state index contributed by atoms with van der Waals surface area (Å²) in [6.07, 6.45) is 4.68. The molecule has 2 rings (SSSR count). The smallest absolute Gasteiger partial charge is 0.298 e. The van der Waals surface area contributed by atoms with E-state index < -0.39 is 0 Å². The minimum Gasteiger partial charge on any atom is -0.332 e. The van der Waals surface area contributed by atoms with E-state index in [1.54, 1.807) is 0 Å². The zero-order valence-corrected chi connectivity index (χ0v) is 9.98. The molecule has 0 spiro atoms. The molecule has 1 amide bonds. The highest BCUT2D eigenvalue weighted by molar-refractivity contribution is 5.94. The number of carbonyl (C=O) groups excluding carboxylic acids is 1. The fourth-order valence-electron chi connectivity index (χ4n) is 2.00. The second-order valence-corrected chi connectivity index (χ2v) is 4.32. The topological polar surface area (TPSA) is 20.3 Å². The molecule has 2 heteroatoms. The van der Waals surface area contributed by atoms with Crippen LogP contribution in [-0.2, 0) is 4.79 Å². The number of carbonyl (C=O) groups is 1. The van der Waals surface area contributed by atoms with Gasteiger partial charge in [0.2, 0.25) is 0 Å². The highest BCUT2D eigenvalue weighted by atomic mass is 16.2. The first-order chi connectivity index (χ1) is 8.36. The molecule has 0 unspecified atom stereocenters. The number of hydrogen-bond acceptors (Lipinski definition) is 1. The van der Waals surface area contributed by atoms with Crippen LogP contribution in [0.25, 0.3) is 0 Å². The van der Waals surface area contributed by atoms with Gasteiger partial charge in [-0.05, 0) is 25.0 Å². The van der Waals surface area contributed by atoms with Crippen molar-refractivity contribution in [2.75, 3.05) is 13.1 Å². The van der Waals surface area contributed by atoms with Crippen LogP contribution in [0, 0.1) is 11.8 Å². The molecule has 2 nitrogen and oxygen atoms in total. The van der Waals surface area contributed by atoms with Crippen LogP contribution < -0.4 is 0 Å². The second kappa shape index (κ2) is 6.10. The van der Waals surface area contributed by atoms with Crippen LogP contribution in [0.15, 0.2) is 30.3 Å². The summed E-state index contributed by atoms with van der Waals surface area (Å²) in [5.74, 6) is 5.62. The van der Waals surface area contributed by atoms with Crippen molar-refractivity contribution >= 4 is 5.91 Å². The first-order valence-corrected chi connectivity index (χ1v) is 6.22. The molecule has 0 aromatic heterocycles. The van der Waals surface area contributed by atoms with Gasteiger partial charge in [-0.25, -0.2) is 0 Å². The molecule has 0 radical (unpaired) electrons. The quantitative estimate of drug-likeness (QED) is 0.623. The van der Waals surface area contributed by atoms with Crippen molar-refractivity contribution in [3.05, 3.63) is 35.9 Å². The fourth-order valence-corrected chi connectivity index (χ4v) is 2.00. The third-order valence-electron chi connectivity index (χ3n) is 2.98. The van der Waals surface area contributed by atoms with Crippen LogP contribution >= 0.6 is 0 Å². The van der Waals surface area contributed by atoms with Gasteiger partial charge in [0, 0.05) is 24.6 Å². The Kier molecular flexibility index (Phi) is 4.21. The Bertz CT molecular complexity index is 419. The van der Waals surface area contributed by atoms with Gasteiger partial charge in [-0.15, -0.1) is 0 Å². The lowest BCUT2D eigenvalue weighted by Crippen LogP contribution is -2.30. The number of benzene rings is 1. The molecule has 1 saturated heterocycles. The molecule has 1 heterocycles. The molecule has 1 fully saturated rings. The number of likely N-dealkylation sites (tertiary alicyclic amines) is 1. The van der Waals surface area contributed by atoms with Crippen molar-refractivity contribution < 1.29 is 4.79 Å². The van der Waals surface area contributed by atoms with Gasteiger partial charge in [0.1, 0.15) is 0 Å². The molecular formula is C15H17NO. The van der Waals surface area contributed by atoms with Crippen molar-refractivity contribution in [2.24, 2.45) is 0 Å². The summed E-state index contributed by atoms with van der Waals surface area (Å²) in [6.45, 7) is 1.73. The average molecular weight is 227 g/mol. The summed E-state index contributed by atoms with van der Waals surface area (Å²) in [5.41, 5.74) is 0.899. The Morgan fingerprint density at radius 3 is 2.29 bits per heavy atom. The predicted octanol–water partition coefficient (Wildman–Crippen LogP) is 2.44. The summed E-state index contributed by atoms with van der Waals surface area (Å²) in [7, 11) is 0. The van der Waals surface area contributed by atoms with E-state index in [4.69, 9.17) is 0 Å². The van der Waals surface area contributed by atoms with Gasteiger partial charge in [0.15, 0.2) is 0 Å². The summed E-state index contributed by atoms with van der Waals surface area (Å²) in [6, 6.07) is 9.65. The van der Waals surface area contributed by atoms with E-state index in [9.17, 15) is 4.79 Å². The van der Waals surface area contributed by atoms with Crippen molar-refractivity contribution in [1.29, 1.82) is 0 Å². The zero-order chi connectivity index (χ0) is 11.9. The Balaban J connectivity index is 1.99. The molecule has 0 aliphatic carbocycles. The van der Waals surface area contributed by atoms with Crippen LogP contribution in [0.4, 0.5) is 0 Å². The van der Waals surface area contributed by atoms with Gasteiger partial charge in [-0.2, -0.15) is 0 Å². The summed E-state index contributed by atoms with van der Waals surface area (Å²) >= 11 is 0. The van der Waals surface area contributed by atoms with E-state index in [1.165, 1.54) is 12.8 Å².